The molecule has 35 heavy (non-hydrogen) atoms. The summed E-state index contributed by atoms with van der Waals surface area (Å²) in [7, 11) is 2.14. The molecule has 0 aliphatic carbocycles. The zero-order valence-corrected chi connectivity index (χ0v) is 21.1. The van der Waals surface area contributed by atoms with Crippen LogP contribution in [0.1, 0.15) is 5.69 Å². The number of aromatic nitrogens is 4. The minimum absolute atomic E-state index is 0.465. The van der Waals surface area contributed by atoms with Crippen molar-refractivity contribution >= 4 is 52.2 Å². The van der Waals surface area contributed by atoms with Crippen molar-refractivity contribution in [3.8, 4) is 5.69 Å². The molecule has 1 aliphatic rings. The normalized spacial score (nSPS) is 14.2. The fraction of sp³-hybridized carbons (Fsp3) is 0.240. The predicted octanol–water partition coefficient (Wildman–Crippen LogP) is 5.52. The van der Waals surface area contributed by atoms with Crippen LogP contribution in [0.5, 0.6) is 0 Å². The third-order valence-corrected chi connectivity index (χ3v) is 6.42. The topological polar surface area (TPSA) is 74.1 Å². The van der Waals surface area contributed by atoms with Crippen molar-refractivity contribution in [3.05, 3.63) is 76.5 Å². The number of hydrogen-bond acceptors (Lipinski definition) is 7. The SMILES string of the molecule is Cc1cc(Nc2ccnc(Nc3ccc(N4CCN(C)CC4)c(Cl)c3)n2)n(-c2ccc(Cl)cc2)n1. The van der Waals surface area contributed by atoms with E-state index in [2.05, 4.69) is 42.5 Å². The van der Waals surface area contributed by atoms with Gasteiger partial charge in [-0.3, -0.25) is 0 Å². The molecule has 4 aromatic rings. The van der Waals surface area contributed by atoms with Crippen molar-refractivity contribution in [1.29, 1.82) is 0 Å². The van der Waals surface area contributed by atoms with Gasteiger partial charge in [0.2, 0.25) is 5.95 Å². The molecule has 180 valence electrons. The van der Waals surface area contributed by atoms with Gasteiger partial charge in [-0.25, -0.2) is 9.67 Å². The van der Waals surface area contributed by atoms with E-state index >= 15 is 0 Å². The van der Waals surface area contributed by atoms with Crippen LogP contribution in [0.2, 0.25) is 10.0 Å². The molecule has 0 amide bonds. The van der Waals surface area contributed by atoms with E-state index in [0.717, 1.165) is 54.8 Å². The van der Waals surface area contributed by atoms with Crippen LogP contribution >= 0.6 is 23.2 Å². The lowest BCUT2D eigenvalue weighted by Gasteiger charge is -2.34. The molecule has 0 unspecified atom stereocenters. The van der Waals surface area contributed by atoms with E-state index in [0.29, 0.717) is 21.8 Å². The largest absolute Gasteiger partial charge is 0.368 e. The molecule has 10 heteroatoms. The lowest BCUT2D eigenvalue weighted by molar-refractivity contribution is 0.313. The molecular formula is C25H26Cl2N8. The molecule has 0 spiro atoms. The first-order chi connectivity index (χ1) is 16.9. The first-order valence-corrected chi connectivity index (χ1v) is 12.1. The molecule has 1 aliphatic heterocycles. The molecule has 1 saturated heterocycles. The van der Waals surface area contributed by atoms with E-state index in [9.17, 15) is 0 Å². The van der Waals surface area contributed by atoms with Gasteiger partial charge in [-0.15, -0.1) is 0 Å². The Labute approximate surface area is 214 Å². The molecule has 0 saturated carbocycles. The zero-order chi connectivity index (χ0) is 24.4. The molecule has 1 fully saturated rings. The van der Waals surface area contributed by atoms with Gasteiger partial charge in [-0.1, -0.05) is 23.2 Å². The quantitative estimate of drug-likeness (QED) is 0.355. The Bertz CT molecular complexity index is 1310. The molecule has 5 rings (SSSR count). The standard InChI is InChI=1S/C25H26Cl2N8/c1-17-15-24(35(32-17)20-6-3-18(26)4-7-20)30-23-9-10-28-25(31-23)29-19-5-8-22(21(27)16-19)34-13-11-33(2)12-14-34/h3-10,15-16H,11-14H2,1-2H3,(H2,28,29,30,31). The number of hydrogen-bond donors (Lipinski definition) is 2. The predicted molar refractivity (Wildman–Crippen MR) is 143 cm³/mol. The van der Waals surface area contributed by atoms with Crippen LogP contribution in [0.25, 0.3) is 5.69 Å². The summed E-state index contributed by atoms with van der Waals surface area (Å²) in [5.41, 5.74) is 3.65. The first-order valence-electron chi connectivity index (χ1n) is 11.4. The minimum atomic E-state index is 0.465. The van der Waals surface area contributed by atoms with Gasteiger partial charge in [0.1, 0.15) is 11.6 Å². The third-order valence-electron chi connectivity index (χ3n) is 5.86. The van der Waals surface area contributed by atoms with E-state index in [1.807, 2.05) is 66.2 Å². The summed E-state index contributed by atoms with van der Waals surface area (Å²) >= 11 is 12.7. The molecule has 3 heterocycles. The first kappa shape index (κ1) is 23.4. The second-order valence-electron chi connectivity index (χ2n) is 8.53. The number of likely N-dealkylation sites (N-methyl/N-ethyl adjacent to an activating group) is 1. The van der Waals surface area contributed by atoms with E-state index in [1.165, 1.54) is 0 Å². The number of piperazine rings is 1. The van der Waals surface area contributed by atoms with Gasteiger partial charge in [0.15, 0.2) is 0 Å². The highest BCUT2D eigenvalue weighted by Crippen LogP contribution is 2.30. The summed E-state index contributed by atoms with van der Waals surface area (Å²) in [6.07, 6.45) is 1.70. The monoisotopic (exact) mass is 508 g/mol. The maximum atomic E-state index is 6.63. The second-order valence-corrected chi connectivity index (χ2v) is 9.37. The number of benzene rings is 2. The number of rotatable bonds is 6. The Morgan fingerprint density at radius 2 is 1.66 bits per heavy atom. The van der Waals surface area contributed by atoms with Crippen molar-refractivity contribution in [1.82, 2.24) is 24.6 Å². The highest BCUT2D eigenvalue weighted by atomic mass is 35.5. The summed E-state index contributed by atoms with van der Waals surface area (Å²) in [6.45, 7) is 5.93. The van der Waals surface area contributed by atoms with Crippen LogP contribution in [0.4, 0.5) is 29.0 Å². The van der Waals surface area contributed by atoms with Crippen molar-refractivity contribution in [2.75, 3.05) is 48.8 Å². The molecule has 2 aromatic heterocycles. The number of anilines is 5. The summed E-state index contributed by atoms with van der Waals surface area (Å²) in [5.74, 6) is 1.89. The van der Waals surface area contributed by atoms with Crippen LogP contribution in [-0.2, 0) is 0 Å². The molecule has 0 bridgehead atoms. The lowest BCUT2D eigenvalue weighted by Crippen LogP contribution is -2.44. The van der Waals surface area contributed by atoms with Gasteiger partial charge in [0, 0.05) is 49.2 Å². The van der Waals surface area contributed by atoms with Crippen LogP contribution < -0.4 is 15.5 Å². The van der Waals surface area contributed by atoms with Gasteiger partial charge in [0.25, 0.3) is 0 Å². The Kier molecular flexibility index (Phi) is 6.77. The Hall–Kier alpha value is -3.33. The van der Waals surface area contributed by atoms with Crippen LogP contribution in [0.3, 0.4) is 0 Å². The van der Waals surface area contributed by atoms with Crippen molar-refractivity contribution in [3.63, 3.8) is 0 Å². The fourth-order valence-corrected chi connectivity index (χ4v) is 4.43. The molecule has 2 aromatic carbocycles. The molecule has 8 nitrogen and oxygen atoms in total. The fourth-order valence-electron chi connectivity index (χ4n) is 4.00. The van der Waals surface area contributed by atoms with Crippen molar-refractivity contribution in [2.45, 2.75) is 6.92 Å². The van der Waals surface area contributed by atoms with Gasteiger partial charge < -0.3 is 20.4 Å². The smallest absolute Gasteiger partial charge is 0.229 e. The van der Waals surface area contributed by atoms with E-state index < -0.39 is 0 Å². The highest BCUT2D eigenvalue weighted by Gasteiger charge is 2.17. The number of halogens is 2. The molecule has 0 atom stereocenters. The summed E-state index contributed by atoms with van der Waals surface area (Å²) < 4.78 is 1.82. The van der Waals surface area contributed by atoms with Crippen LogP contribution in [0, 0.1) is 6.92 Å². The summed E-state index contributed by atoms with van der Waals surface area (Å²) in [5, 5.41) is 12.6. The highest BCUT2D eigenvalue weighted by molar-refractivity contribution is 6.33. The summed E-state index contributed by atoms with van der Waals surface area (Å²) in [6, 6.07) is 17.2. The van der Waals surface area contributed by atoms with Crippen molar-refractivity contribution < 1.29 is 0 Å². The average molecular weight is 509 g/mol. The maximum absolute atomic E-state index is 6.63. The third kappa shape index (κ3) is 5.51. The molecular weight excluding hydrogens is 483 g/mol. The average Bonchev–Trinajstić information content (AvgIpc) is 3.20. The van der Waals surface area contributed by atoms with Gasteiger partial charge in [0.05, 0.1) is 22.1 Å². The number of nitrogens with one attached hydrogen (secondary N) is 2. The Morgan fingerprint density at radius 3 is 2.40 bits per heavy atom. The van der Waals surface area contributed by atoms with E-state index in [1.54, 1.807) is 6.20 Å². The van der Waals surface area contributed by atoms with Crippen LogP contribution in [-0.4, -0.2) is 57.9 Å². The van der Waals surface area contributed by atoms with Crippen LogP contribution in [0.15, 0.2) is 60.8 Å². The van der Waals surface area contributed by atoms with Crippen molar-refractivity contribution in [2.24, 2.45) is 0 Å². The lowest BCUT2D eigenvalue weighted by atomic mass is 10.2. The van der Waals surface area contributed by atoms with E-state index in [4.69, 9.17) is 23.2 Å². The second kappa shape index (κ2) is 10.1. The van der Waals surface area contributed by atoms with Gasteiger partial charge in [-0.2, -0.15) is 10.1 Å². The van der Waals surface area contributed by atoms with Gasteiger partial charge in [-0.05, 0) is 62.5 Å². The number of nitrogens with zero attached hydrogens (tertiary/aromatic N) is 6. The van der Waals surface area contributed by atoms with E-state index in [-0.39, 0.29) is 0 Å². The maximum Gasteiger partial charge on any atom is 0.229 e. The number of aryl methyl sites for hydroxylation is 1. The minimum Gasteiger partial charge on any atom is -0.368 e. The summed E-state index contributed by atoms with van der Waals surface area (Å²) in [4.78, 5) is 13.6. The Balaban J connectivity index is 1.31. The Morgan fingerprint density at radius 1 is 0.886 bits per heavy atom. The zero-order valence-electron chi connectivity index (χ0n) is 19.5. The van der Waals surface area contributed by atoms with Gasteiger partial charge >= 0.3 is 0 Å². The molecule has 0 radical (unpaired) electrons. The molecule has 2 N–H and O–H groups in total.